The van der Waals surface area contributed by atoms with Crippen molar-refractivity contribution in [3.63, 3.8) is 0 Å². The second kappa shape index (κ2) is 11.8. The van der Waals surface area contributed by atoms with Crippen LogP contribution in [0.4, 0.5) is 0 Å². The van der Waals surface area contributed by atoms with Crippen LogP contribution in [0.15, 0.2) is 81.4 Å². The molecule has 1 N–H and O–H groups in total. The van der Waals surface area contributed by atoms with Gasteiger partial charge in [0.2, 0.25) is 0 Å². The van der Waals surface area contributed by atoms with Crippen LogP contribution in [0, 0.1) is 0 Å². The van der Waals surface area contributed by atoms with E-state index in [0.717, 1.165) is 10.1 Å². The zero-order chi connectivity index (χ0) is 23.7. The topological polar surface area (TPSA) is 89.3 Å². The van der Waals surface area contributed by atoms with E-state index >= 15 is 0 Å². The Kier molecular flexibility index (Phi) is 9.12. The van der Waals surface area contributed by atoms with Crippen LogP contribution in [0.25, 0.3) is 22.0 Å². The molecule has 3 heterocycles. The maximum absolute atomic E-state index is 12.8. The molecule has 0 fully saturated rings. The Hall–Kier alpha value is -3.49. The minimum atomic E-state index is -0.582. The number of methoxy groups -OCH3 is 1. The van der Waals surface area contributed by atoms with Crippen molar-refractivity contribution in [2.75, 3.05) is 7.11 Å². The van der Waals surface area contributed by atoms with E-state index in [2.05, 4.69) is 28.1 Å². The zero-order valence-electron chi connectivity index (χ0n) is 18.0. The average molecular weight is 471 g/mol. The summed E-state index contributed by atoms with van der Waals surface area (Å²) < 4.78 is 6.37. The largest absolute Gasteiger partial charge is 0.497 e. The second-order valence-electron chi connectivity index (χ2n) is 5.95. The molecule has 9 heteroatoms. The normalized spacial score (nSPS) is 11.6. The molecule has 0 radical (unpaired) electrons. The summed E-state index contributed by atoms with van der Waals surface area (Å²) in [6.07, 6.45) is 9.14. The maximum Gasteiger partial charge on any atom is 0.333 e. The van der Waals surface area contributed by atoms with Gasteiger partial charge in [0.25, 0.3) is 5.56 Å². The minimum absolute atomic E-state index is 0.257. The number of aromatic amines is 1. The highest BCUT2D eigenvalue weighted by Gasteiger charge is 2.14. The molecule has 0 spiro atoms. The first-order valence-electron chi connectivity index (χ1n) is 9.58. The van der Waals surface area contributed by atoms with Gasteiger partial charge in [-0.2, -0.15) is 0 Å². The Labute approximate surface area is 194 Å². The summed E-state index contributed by atoms with van der Waals surface area (Å²) in [5.41, 5.74) is 0.692. The number of aromatic nitrogens is 3. The van der Waals surface area contributed by atoms with Gasteiger partial charge in [0, 0.05) is 52.1 Å². The van der Waals surface area contributed by atoms with Crippen LogP contribution in [0.5, 0.6) is 0 Å². The number of pyridine rings is 1. The summed E-state index contributed by atoms with van der Waals surface area (Å²) in [6, 6.07) is 5.28. The molecule has 0 aromatic carbocycles. The summed E-state index contributed by atoms with van der Waals surface area (Å²) in [5.74, 6) is 0.379. The van der Waals surface area contributed by atoms with Crippen LogP contribution >= 0.6 is 22.9 Å². The van der Waals surface area contributed by atoms with Crippen molar-refractivity contribution in [1.29, 1.82) is 0 Å². The molecule has 0 bridgehead atoms. The van der Waals surface area contributed by atoms with Gasteiger partial charge in [0.15, 0.2) is 0 Å². The quantitative estimate of drug-likeness (QED) is 0.298. The summed E-state index contributed by atoms with van der Waals surface area (Å²) in [4.78, 5) is 36.6. The van der Waals surface area contributed by atoms with Crippen LogP contribution in [0.3, 0.4) is 0 Å². The highest BCUT2D eigenvalue weighted by atomic mass is 35.5. The molecule has 0 atom stereocenters. The van der Waals surface area contributed by atoms with Gasteiger partial charge < -0.3 is 9.72 Å². The lowest BCUT2D eigenvalue weighted by Gasteiger charge is -2.03. The molecule has 32 heavy (non-hydrogen) atoms. The van der Waals surface area contributed by atoms with Gasteiger partial charge in [-0.05, 0) is 18.2 Å². The van der Waals surface area contributed by atoms with Gasteiger partial charge in [0.1, 0.15) is 10.5 Å². The van der Waals surface area contributed by atoms with Gasteiger partial charge >= 0.3 is 5.69 Å². The molecule has 0 unspecified atom stereocenters. The number of H-pyrrole nitrogens is 1. The van der Waals surface area contributed by atoms with E-state index in [9.17, 15) is 9.59 Å². The van der Waals surface area contributed by atoms with Crippen molar-refractivity contribution in [2.45, 2.75) is 13.8 Å². The lowest BCUT2D eigenvalue weighted by molar-refractivity contribution is 0.309. The molecule has 3 aromatic rings. The third-order valence-electron chi connectivity index (χ3n) is 3.94. The van der Waals surface area contributed by atoms with Gasteiger partial charge in [0.05, 0.1) is 12.6 Å². The Bertz CT molecular complexity index is 1310. The van der Waals surface area contributed by atoms with Gasteiger partial charge in [-0.1, -0.05) is 44.7 Å². The van der Waals surface area contributed by atoms with Gasteiger partial charge in [-0.3, -0.25) is 14.8 Å². The van der Waals surface area contributed by atoms with E-state index in [-0.39, 0.29) is 5.03 Å². The maximum atomic E-state index is 12.8. The van der Waals surface area contributed by atoms with Crippen molar-refractivity contribution in [3.8, 4) is 0 Å². The number of nitrogens with zero attached hydrogens (tertiary/aromatic N) is 3. The molecule has 0 aliphatic rings. The number of nitrogens with one attached hydrogen (secondary N) is 1. The summed E-state index contributed by atoms with van der Waals surface area (Å²) >= 11 is 7.28. The summed E-state index contributed by atoms with van der Waals surface area (Å²) in [6.45, 7) is 11.5. The lowest BCUT2D eigenvalue weighted by atomic mass is 10.2. The predicted octanol–water partition coefficient (Wildman–Crippen LogP) is 5.02. The molecule has 7 nitrogen and oxygen atoms in total. The molecule has 0 saturated heterocycles. The predicted molar refractivity (Wildman–Crippen MR) is 134 cm³/mol. The zero-order valence-corrected chi connectivity index (χ0v) is 19.5. The van der Waals surface area contributed by atoms with Crippen molar-refractivity contribution in [2.24, 2.45) is 4.99 Å². The Morgan fingerprint density at radius 3 is 2.72 bits per heavy atom. The summed E-state index contributed by atoms with van der Waals surface area (Å²) in [5, 5.41) is 0.257. The number of allylic oxidation sites excluding steroid dienone is 3. The molecular weight excluding hydrogens is 448 g/mol. The molecule has 0 saturated carbocycles. The van der Waals surface area contributed by atoms with E-state index in [1.807, 2.05) is 19.9 Å². The third-order valence-corrected chi connectivity index (χ3v) is 5.30. The molecular formula is C23H23ClN4O3S. The van der Waals surface area contributed by atoms with E-state index < -0.39 is 11.2 Å². The number of hydrogen-bond acceptors (Lipinski definition) is 6. The minimum Gasteiger partial charge on any atom is -0.497 e. The van der Waals surface area contributed by atoms with Crippen molar-refractivity contribution in [1.82, 2.24) is 14.5 Å². The Morgan fingerprint density at radius 2 is 2.09 bits per heavy atom. The number of rotatable bonds is 7. The number of aliphatic imine (C=N–C) groups is 1. The first-order chi connectivity index (χ1) is 15.4. The standard InChI is InChI=1S/C21H17ClN4O3S.C2H6/c1-13(29-3)9-16(14(2)22)18-10-17-19(30-18)20(27)26(21(28)25-17)8-7-24-12-15-5-4-6-23-11-15;1-2/h4-12H,1-2H2,3H3,(H,25,28);1-2H3/b8-7+,16-9+,24-12?;. The number of halogens is 1. The molecule has 3 aromatic heterocycles. The van der Waals surface area contributed by atoms with Crippen LogP contribution in [-0.2, 0) is 4.74 Å². The van der Waals surface area contributed by atoms with Crippen molar-refractivity contribution in [3.05, 3.63) is 98.1 Å². The molecule has 0 amide bonds. The number of thiophene rings is 1. The fraction of sp³-hybridized carbons (Fsp3) is 0.130. The van der Waals surface area contributed by atoms with Crippen molar-refractivity contribution < 1.29 is 4.74 Å². The third kappa shape index (κ3) is 6.03. The Morgan fingerprint density at radius 1 is 1.34 bits per heavy atom. The van der Waals surface area contributed by atoms with Gasteiger partial charge in [-0.15, -0.1) is 11.3 Å². The smallest absolute Gasteiger partial charge is 0.333 e. The first-order valence-corrected chi connectivity index (χ1v) is 10.8. The summed E-state index contributed by atoms with van der Waals surface area (Å²) in [7, 11) is 1.48. The average Bonchev–Trinajstić information content (AvgIpc) is 3.22. The number of hydrogen-bond donors (Lipinski definition) is 1. The van der Waals surface area contributed by atoms with Gasteiger partial charge in [-0.25, -0.2) is 9.36 Å². The monoisotopic (exact) mass is 470 g/mol. The molecule has 0 aliphatic carbocycles. The van der Waals surface area contributed by atoms with Crippen LogP contribution < -0.4 is 11.2 Å². The first kappa shape index (κ1) is 24.8. The van der Waals surface area contributed by atoms with E-state index in [0.29, 0.717) is 26.4 Å². The van der Waals surface area contributed by atoms with E-state index in [1.54, 1.807) is 36.8 Å². The molecule has 0 aliphatic heterocycles. The fourth-order valence-corrected chi connectivity index (χ4v) is 3.78. The van der Waals surface area contributed by atoms with Crippen LogP contribution in [0.1, 0.15) is 24.3 Å². The number of ether oxygens (including phenoxy) is 1. The van der Waals surface area contributed by atoms with Crippen LogP contribution in [0.2, 0.25) is 0 Å². The fourth-order valence-electron chi connectivity index (χ4n) is 2.48. The molecule has 3 rings (SSSR count). The SMILES string of the molecule is C=C(/C=C(\C(=C)Cl)c1cc2[nH]c(=O)n(/C=C/N=Cc3cccnc3)c(=O)c2s1)OC.CC. The highest BCUT2D eigenvalue weighted by Crippen LogP contribution is 2.33. The van der Waals surface area contributed by atoms with E-state index in [1.165, 1.54) is 30.8 Å². The highest BCUT2D eigenvalue weighted by molar-refractivity contribution is 7.20. The van der Waals surface area contributed by atoms with Crippen LogP contribution in [-0.4, -0.2) is 27.9 Å². The Balaban J connectivity index is 0.00000176. The second-order valence-corrected chi connectivity index (χ2v) is 7.46. The molecule has 166 valence electrons. The lowest BCUT2D eigenvalue weighted by Crippen LogP contribution is -2.30. The van der Waals surface area contributed by atoms with E-state index in [4.69, 9.17) is 16.3 Å². The van der Waals surface area contributed by atoms with Crippen molar-refractivity contribution >= 4 is 51.1 Å². The number of fused-ring (bicyclic) bond motifs is 1.